The van der Waals surface area contributed by atoms with E-state index in [1.165, 1.54) is 12.1 Å². The second-order valence-corrected chi connectivity index (χ2v) is 5.68. The third kappa shape index (κ3) is 4.96. The summed E-state index contributed by atoms with van der Waals surface area (Å²) in [5.74, 6) is -0.584. The van der Waals surface area contributed by atoms with Crippen molar-refractivity contribution in [3.8, 4) is 5.75 Å². The van der Waals surface area contributed by atoms with E-state index in [0.717, 1.165) is 30.9 Å². The summed E-state index contributed by atoms with van der Waals surface area (Å²) < 4.78 is 5.48. The van der Waals surface area contributed by atoms with Crippen LogP contribution in [0.5, 0.6) is 5.75 Å². The number of carbonyl (C=O) groups excluding carboxylic acids is 1. The van der Waals surface area contributed by atoms with Crippen molar-refractivity contribution in [2.45, 2.75) is 19.3 Å². The predicted molar refractivity (Wildman–Crippen MR) is 91.5 cm³/mol. The van der Waals surface area contributed by atoms with E-state index in [9.17, 15) is 14.9 Å². The van der Waals surface area contributed by atoms with Gasteiger partial charge in [0.15, 0.2) is 5.75 Å². The van der Waals surface area contributed by atoms with Crippen LogP contribution in [0.1, 0.15) is 28.8 Å². The van der Waals surface area contributed by atoms with Crippen LogP contribution in [0.15, 0.2) is 42.5 Å². The second-order valence-electron chi connectivity index (χ2n) is 5.24. The summed E-state index contributed by atoms with van der Waals surface area (Å²) in [6.07, 6.45) is 2.46. The van der Waals surface area contributed by atoms with E-state index >= 15 is 0 Å². The van der Waals surface area contributed by atoms with Gasteiger partial charge in [0.25, 0.3) is 0 Å². The fourth-order valence-corrected chi connectivity index (χ4v) is 2.45. The van der Waals surface area contributed by atoms with Crippen molar-refractivity contribution >= 4 is 23.2 Å². The van der Waals surface area contributed by atoms with Crippen molar-refractivity contribution in [2.24, 2.45) is 5.73 Å². The Balaban J connectivity index is 1.87. The Labute approximate surface area is 144 Å². The number of nitrogens with two attached hydrogens (primary N) is 1. The van der Waals surface area contributed by atoms with Crippen LogP contribution < -0.4 is 10.5 Å². The molecule has 7 heteroatoms. The van der Waals surface area contributed by atoms with Crippen molar-refractivity contribution in [3.05, 3.63) is 68.7 Å². The van der Waals surface area contributed by atoms with E-state index in [-0.39, 0.29) is 17.0 Å². The number of unbranched alkanes of at least 4 members (excludes halogenated alkanes) is 1. The first-order valence-electron chi connectivity index (χ1n) is 7.43. The quantitative estimate of drug-likeness (QED) is 0.446. The molecule has 2 aromatic carbocycles. The summed E-state index contributed by atoms with van der Waals surface area (Å²) >= 11 is 5.93. The molecule has 0 unspecified atom stereocenters. The number of primary amides is 1. The summed E-state index contributed by atoms with van der Waals surface area (Å²) in [5.41, 5.74) is 6.08. The standard InChI is InChI=1S/C17H17ClN2O4/c18-14-6-3-5-12(10-14)4-1-2-9-24-16-8-7-13(17(19)21)11-15(16)20(22)23/h3,5-8,10-11H,1-2,4,9H2,(H2,19,21). The SMILES string of the molecule is NC(=O)c1ccc(OCCCCc2cccc(Cl)c2)c([N+](=O)[O-])c1. The third-order valence-electron chi connectivity index (χ3n) is 3.45. The van der Waals surface area contributed by atoms with Gasteiger partial charge in [0.05, 0.1) is 11.5 Å². The minimum absolute atomic E-state index is 0.0787. The monoisotopic (exact) mass is 348 g/mol. The lowest BCUT2D eigenvalue weighted by Gasteiger charge is -2.08. The maximum Gasteiger partial charge on any atom is 0.311 e. The summed E-state index contributed by atoms with van der Waals surface area (Å²) in [6, 6.07) is 11.6. The largest absolute Gasteiger partial charge is 0.487 e. The average Bonchev–Trinajstić information content (AvgIpc) is 2.54. The van der Waals surface area contributed by atoms with E-state index in [2.05, 4.69) is 0 Å². The lowest BCUT2D eigenvalue weighted by Crippen LogP contribution is -2.11. The molecule has 0 heterocycles. The van der Waals surface area contributed by atoms with Crippen LogP contribution in [0.3, 0.4) is 0 Å². The number of halogens is 1. The van der Waals surface area contributed by atoms with E-state index in [0.29, 0.717) is 11.6 Å². The molecule has 24 heavy (non-hydrogen) atoms. The molecule has 2 aromatic rings. The Morgan fingerprint density at radius 3 is 2.67 bits per heavy atom. The fourth-order valence-electron chi connectivity index (χ4n) is 2.24. The number of hydrogen-bond donors (Lipinski definition) is 1. The maximum atomic E-state index is 11.1. The van der Waals surface area contributed by atoms with Gasteiger partial charge in [-0.1, -0.05) is 23.7 Å². The summed E-state index contributed by atoms with van der Waals surface area (Å²) in [5, 5.41) is 11.8. The zero-order valence-electron chi connectivity index (χ0n) is 12.9. The van der Waals surface area contributed by atoms with Crippen molar-refractivity contribution in [3.63, 3.8) is 0 Å². The van der Waals surface area contributed by atoms with Crippen molar-refractivity contribution in [2.75, 3.05) is 6.61 Å². The molecule has 0 saturated heterocycles. The van der Waals surface area contributed by atoms with E-state index < -0.39 is 10.8 Å². The van der Waals surface area contributed by atoms with Gasteiger partial charge in [-0.05, 0) is 49.1 Å². The van der Waals surface area contributed by atoms with Gasteiger partial charge in [-0.2, -0.15) is 0 Å². The number of nitro benzene ring substituents is 1. The highest BCUT2D eigenvalue weighted by atomic mass is 35.5. The predicted octanol–water partition coefficient (Wildman–Crippen LogP) is 3.75. The molecule has 0 aliphatic heterocycles. The van der Waals surface area contributed by atoms with Crippen LogP contribution in [0.2, 0.25) is 5.02 Å². The zero-order chi connectivity index (χ0) is 17.5. The topological polar surface area (TPSA) is 95.5 Å². The first-order valence-corrected chi connectivity index (χ1v) is 7.80. The highest BCUT2D eigenvalue weighted by molar-refractivity contribution is 6.30. The number of nitro groups is 1. The number of amides is 1. The molecular weight excluding hydrogens is 332 g/mol. The number of nitrogens with zero attached hydrogens (tertiary/aromatic N) is 1. The molecule has 0 atom stereocenters. The van der Waals surface area contributed by atoms with Crippen molar-refractivity contribution in [1.82, 2.24) is 0 Å². The third-order valence-corrected chi connectivity index (χ3v) is 3.68. The number of carbonyl (C=O) groups is 1. The lowest BCUT2D eigenvalue weighted by atomic mass is 10.1. The number of benzene rings is 2. The molecule has 0 fully saturated rings. The molecule has 0 saturated carbocycles. The first kappa shape index (κ1) is 17.7. The molecule has 0 aliphatic rings. The molecule has 0 aromatic heterocycles. The smallest absolute Gasteiger partial charge is 0.311 e. The number of aryl methyl sites for hydroxylation is 1. The molecule has 2 N–H and O–H groups in total. The van der Waals surface area contributed by atoms with Crippen LogP contribution in [-0.4, -0.2) is 17.4 Å². The normalized spacial score (nSPS) is 10.4. The molecule has 0 spiro atoms. The average molecular weight is 349 g/mol. The molecule has 0 aliphatic carbocycles. The van der Waals surface area contributed by atoms with Crippen LogP contribution in [0, 0.1) is 10.1 Å². The highest BCUT2D eigenvalue weighted by Gasteiger charge is 2.17. The zero-order valence-corrected chi connectivity index (χ0v) is 13.7. The second kappa shape index (κ2) is 8.31. The Kier molecular flexibility index (Phi) is 6.14. The number of rotatable bonds is 8. The molecular formula is C17H17ClN2O4. The molecule has 6 nitrogen and oxygen atoms in total. The van der Waals surface area contributed by atoms with Gasteiger partial charge >= 0.3 is 5.69 Å². The Morgan fingerprint density at radius 1 is 1.21 bits per heavy atom. The van der Waals surface area contributed by atoms with Crippen molar-refractivity contribution < 1.29 is 14.5 Å². The number of ether oxygens (including phenoxy) is 1. The summed E-state index contributed by atoms with van der Waals surface area (Å²) in [4.78, 5) is 21.6. The van der Waals surface area contributed by atoms with Crippen LogP contribution in [0.25, 0.3) is 0 Å². The Bertz CT molecular complexity index is 749. The highest BCUT2D eigenvalue weighted by Crippen LogP contribution is 2.28. The number of hydrogen-bond acceptors (Lipinski definition) is 4. The van der Waals surface area contributed by atoms with Gasteiger partial charge in [0.2, 0.25) is 5.91 Å². The van der Waals surface area contributed by atoms with Gasteiger partial charge in [0.1, 0.15) is 0 Å². The van der Waals surface area contributed by atoms with Crippen LogP contribution >= 0.6 is 11.6 Å². The lowest BCUT2D eigenvalue weighted by molar-refractivity contribution is -0.385. The summed E-state index contributed by atoms with van der Waals surface area (Å²) in [7, 11) is 0. The van der Waals surface area contributed by atoms with E-state index in [4.69, 9.17) is 22.1 Å². The van der Waals surface area contributed by atoms with Crippen LogP contribution in [0.4, 0.5) is 5.69 Å². The van der Waals surface area contributed by atoms with Crippen LogP contribution in [-0.2, 0) is 6.42 Å². The van der Waals surface area contributed by atoms with Gasteiger partial charge < -0.3 is 10.5 Å². The van der Waals surface area contributed by atoms with Gasteiger partial charge in [-0.3, -0.25) is 14.9 Å². The molecule has 0 bridgehead atoms. The van der Waals surface area contributed by atoms with Gasteiger partial charge in [0, 0.05) is 16.7 Å². The first-order chi connectivity index (χ1) is 11.5. The minimum atomic E-state index is -0.717. The Morgan fingerprint density at radius 2 is 2.00 bits per heavy atom. The van der Waals surface area contributed by atoms with Gasteiger partial charge in [-0.25, -0.2) is 0 Å². The Hall–Kier alpha value is -2.60. The van der Waals surface area contributed by atoms with E-state index in [1.54, 1.807) is 0 Å². The molecule has 1 amide bonds. The maximum absolute atomic E-state index is 11.1. The molecule has 2 rings (SSSR count). The molecule has 126 valence electrons. The minimum Gasteiger partial charge on any atom is -0.487 e. The fraction of sp³-hybridized carbons (Fsp3) is 0.235. The summed E-state index contributed by atoms with van der Waals surface area (Å²) in [6.45, 7) is 0.345. The molecule has 0 radical (unpaired) electrons. The van der Waals surface area contributed by atoms with E-state index in [1.807, 2.05) is 24.3 Å². The van der Waals surface area contributed by atoms with Crippen molar-refractivity contribution in [1.29, 1.82) is 0 Å². The van der Waals surface area contributed by atoms with Gasteiger partial charge in [-0.15, -0.1) is 0 Å².